The number of hydrogen-bond donors (Lipinski definition) is 0. The molecule has 0 N–H and O–H groups in total. The summed E-state index contributed by atoms with van der Waals surface area (Å²) in [6, 6.07) is 0. The minimum atomic E-state index is 0.672. The highest BCUT2D eigenvalue weighted by Crippen LogP contribution is 2.21. The highest BCUT2D eigenvalue weighted by molar-refractivity contribution is 5.49. The minimum Gasteiger partial charge on any atom is -0.303 e. The highest BCUT2D eigenvalue weighted by atomic mass is 16.1. The van der Waals surface area contributed by atoms with Crippen LogP contribution in [0.1, 0.15) is 39.0 Å². The maximum atomic E-state index is 10.2. The molecule has 1 heteroatoms. The number of carbonyl (C=O) groups is 1. The van der Waals surface area contributed by atoms with Crippen molar-refractivity contribution in [3.8, 4) is 0 Å². The van der Waals surface area contributed by atoms with Crippen LogP contribution in [0.2, 0.25) is 0 Å². The van der Waals surface area contributed by atoms with E-state index in [4.69, 9.17) is 0 Å². The molecule has 0 unspecified atom stereocenters. The molecule has 72 valence electrons. The van der Waals surface area contributed by atoms with Crippen molar-refractivity contribution in [1.82, 2.24) is 0 Å². The molecule has 0 bridgehead atoms. The second kappa shape index (κ2) is 5.74. The first-order valence-corrected chi connectivity index (χ1v) is 5.09. The zero-order valence-corrected chi connectivity index (χ0v) is 8.33. The lowest BCUT2D eigenvalue weighted by Crippen LogP contribution is -1.99. The van der Waals surface area contributed by atoms with E-state index < -0.39 is 0 Å². The van der Waals surface area contributed by atoms with E-state index >= 15 is 0 Å². The summed E-state index contributed by atoms with van der Waals surface area (Å²) < 4.78 is 0. The molecule has 1 rings (SSSR count). The molecule has 0 saturated carbocycles. The van der Waals surface area contributed by atoms with Crippen LogP contribution in [0.25, 0.3) is 0 Å². The predicted octanol–water partition coefficient (Wildman–Crippen LogP) is 3.27. The van der Waals surface area contributed by atoms with Gasteiger partial charge in [-0.3, -0.25) is 0 Å². The summed E-state index contributed by atoms with van der Waals surface area (Å²) in [7, 11) is 0. The molecule has 1 nitrogen and oxygen atoms in total. The van der Waals surface area contributed by atoms with Gasteiger partial charge in [0.15, 0.2) is 0 Å². The maximum Gasteiger partial charge on any atom is 0.120 e. The third kappa shape index (κ3) is 4.07. The molecule has 0 aliphatic heterocycles. The van der Waals surface area contributed by atoms with E-state index in [-0.39, 0.29) is 0 Å². The van der Waals surface area contributed by atoms with Gasteiger partial charge in [-0.1, -0.05) is 23.8 Å². The number of allylic oxidation sites excluding steroid dienone is 4. The van der Waals surface area contributed by atoms with Crippen molar-refractivity contribution in [2.24, 2.45) is 5.92 Å². The number of hydrogen-bond acceptors (Lipinski definition) is 1. The maximum absolute atomic E-state index is 10.2. The third-order valence-electron chi connectivity index (χ3n) is 2.49. The van der Waals surface area contributed by atoms with Gasteiger partial charge in [0.25, 0.3) is 0 Å². The first-order chi connectivity index (χ1) is 6.33. The smallest absolute Gasteiger partial charge is 0.120 e. The largest absolute Gasteiger partial charge is 0.303 e. The van der Waals surface area contributed by atoms with Gasteiger partial charge in [0, 0.05) is 6.42 Å². The predicted molar refractivity (Wildman–Crippen MR) is 55.5 cm³/mol. The van der Waals surface area contributed by atoms with Crippen LogP contribution in [0.15, 0.2) is 23.8 Å². The van der Waals surface area contributed by atoms with Crippen molar-refractivity contribution in [1.29, 1.82) is 0 Å². The lowest BCUT2D eigenvalue weighted by atomic mass is 9.92. The van der Waals surface area contributed by atoms with E-state index in [1.807, 2.05) is 0 Å². The van der Waals surface area contributed by atoms with Gasteiger partial charge in [-0.25, -0.2) is 0 Å². The molecule has 0 saturated heterocycles. The fourth-order valence-electron chi connectivity index (χ4n) is 1.74. The SMILES string of the molecule is C/C(=C\[C@@H]1CC=CCC1)CCC=O. The molecule has 1 atom stereocenters. The topological polar surface area (TPSA) is 17.1 Å². The molecule has 0 radical (unpaired) electrons. The Bertz CT molecular complexity index is 213. The van der Waals surface area contributed by atoms with E-state index in [2.05, 4.69) is 25.2 Å². The van der Waals surface area contributed by atoms with E-state index in [1.165, 1.54) is 24.8 Å². The van der Waals surface area contributed by atoms with Crippen molar-refractivity contribution in [3.63, 3.8) is 0 Å². The summed E-state index contributed by atoms with van der Waals surface area (Å²) in [5.74, 6) is 0.719. The molecule has 0 fully saturated rings. The lowest BCUT2D eigenvalue weighted by Gasteiger charge is -2.14. The first kappa shape index (κ1) is 10.2. The Balaban J connectivity index is 2.34. The van der Waals surface area contributed by atoms with Crippen LogP contribution in [0.3, 0.4) is 0 Å². The third-order valence-corrected chi connectivity index (χ3v) is 2.49. The van der Waals surface area contributed by atoms with Gasteiger partial charge in [0.1, 0.15) is 6.29 Å². The Kier molecular flexibility index (Phi) is 4.52. The lowest BCUT2D eigenvalue weighted by molar-refractivity contribution is -0.107. The van der Waals surface area contributed by atoms with Gasteiger partial charge in [-0.15, -0.1) is 0 Å². The Morgan fingerprint density at radius 1 is 1.54 bits per heavy atom. The van der Waals surface area contributed by atoms with Crippen LogP contribution >= 0.6 is 0 Å². The van der Waals surface area contributed by atoms with Crippen LogP contribution in [0.5, 0.6) is 0 Å². The van der Waals surface area contributed by atoms with E-state index in [1.54, 1.807) is 0 Å². The van der Waals surface area contributed by atoms with Gasteiger partial charge in [-0.05, 0) is 38.5 Å². The monoisotopic (exact) mass is 178 g/mol. The van der Waals surface area contributed by atoms with Gasteiger partial charge < -0.3 is 4.79 Å². The Morgan fingerprint density at radius 3 is 3.00 bits per heavy atom. The van der Waals surface area contributed by atoms with E-state index in [9.17, 15) is 4.79 Å². The van der Waals surface area contributed by atoms with Crippen LogP contribution in [0.4, 0.5) is 0 Å². The molecule has 0 spiro atoms. The first-order valence-electron chi connectivity index (χ1n) is 5.09. The molecule has 0 aromatic heterocycles. The van der Waals surface area contributed by atoms with Gasteiger partial charge in [0.05, 0.1) is 0 Å². The Morgan fingerprint density at radius 2 is 2.38 bits per heavy atom. The summed E-state index contributed by atoms with van der Waals surface area (Å²) in [6.45, 7) is 2.13. The highest BCUT2D eigenvalue weighted by Gasteiger charge is 2.06. The number of aldehydes is 1. The van der Waals surface area contributed by atoms with Crippen molar-refractivity contribution < 1.29 is 4.79 Å². The van der Waals surface area contributed by atoms with Crippen molar-refractivity contribution in [2.75, 3.05) is 0 Å². The minimum absolute atomic E-state index is 0.672. The number of carbonyl (C=O) groups excluding carboxylic acids is 1. The number of rotatable bonds is 4. The van der Waals surface area contributed by atoms with Crippen molar-refractivity contribution in [2.45, 2.75) is 39.0 Å². The van der Waals surface area contributed by atoms with Crippen molar-refractivity contribution in [3.05, 3.63) is 23.8 Å². The molecule has 13 heavy (non-hydrogen) atoms. The van der Waals surface area contributed by atoms with Crippen LogP contribution < -0.4 is 0 Å². The summed E-state index contributed by atoms with van der Waals surface area (Å²) in [5.41, 5.74) is 1.37. The second-order valence-corrected chi connectivity index (χ2v) is 3.76. The molecule has 0 amide bonds. The molecule has 1 aliphatic carbocycles. The standard InChI is InChI=1S/C12H18O/c1-11(6-5-9-13)10-12-7-3-2-4-8-12/h2-3,9-10,12H,4-8H2,1H3/b11-10+/t12-/m1/s1. The molecule has 1 aliphatic rings. The van der Waals surface area contributed by atoms with Gasteiger partial charge >= 0.3 is 0 Å². The Labute approximate surface area is 80.5 Å². The van der Waals surface area contributed by atoms with Gasteiger partial charge in [-0.2, -0.15) is 0 Å². The van der Waals surface area contributed by atoms with E-state index in [0.717, 1.165) is 18.6 Å². The molecule has 0 aromatic rings. The molecule has 0 aromatic carbocycles. The summed E-state index contributed by atoms with van der Waals surface area (Å²) in [5, 5.41) is 0. The van der Waals surface area contributed by atoms with E-state index in [0.29, 0.717) is 6.42 Å². The summed E-state index contributed by atoms with van der Waals surface area (Å²) in [4.78, 5) is 10.2. The zero-order chi connectivity index (χ0) is 9.52. The fraction of sp³-hybridized carbons (Fsp3) is 0.583. The summed E-state index contributed by atoms with van der Waals surface area (Å²) in [6.07, 6.45) is 13.1. The molecule has 0 heterocycles. The average Bonchev–Trinajstić information content (AvgIpc) is 2.16. The normalized spacial score (nSPS) is 23.2. The second-order valence-electron chi connectivity index (χ2n) is 3.76. The quantitative estimate of drug-likeness (QED) is 0.477. The average molecular weight is 178 g/mol. The fourth-order valence-corrected chi connectivity index (χ4v) is 1.74. The van der Waals surface area contributed by atoms with Crippen LogP contribution in [0, 0.1) is 5.92 Å². The summed E-state index contributed by atoms with van der Waals surface area (Å²) >= 11 is 0. The van der Waals surface area contributed by atoms with Crippen molar-refractivity contribution >= 4 is 6.29 Å². The molecular weight excluding hydrogens is 160 g/mol. The van der Waals surface area contributed by atoms with Crippen LogP contribution in [-0.2, 0) is 4.79 Å². The van der Waals surface area contributed by atoms with Gasteiger partial charge in [0.2, 0.25) is 0 Å². The van der Waals surface area contributed by atoms with Crippen LogP contribution in [-0.4, -0.2) is 6.29 Å². The Hall–Kier alpha value is -0.850. The zero-order valence-electron chi connectivity index (χ0n) is 8.33. The molecular formula is C12H18O.